The number of aryl methyl sites for hydroxylation is 1. The van der Waals surface area contributed by atoms with E-state index in [1.165, 1.54) is 18.4 Å². The number of nitrogens with zero attached hydrogens (tertiary/aromatic N) is 3. The number of alkyl halides is 3. The van der Waals surface area contributed by atoms with Gasteiger partial charge in [0.15, 0.2) is 6.04 Å². The molecule has 176 valence electrons. The first-order valence-electron chi connectivity index (χ1n) is 10.7. The highest BCUT2D eigenvalue weighted by molar-refractivity contribution is 7.16. The summed E-state index contributed by atoms with van der Waals surface area (Å²) < 4.78 is 47.8. The van der Waals surface area contributed by atoms with Crippen LogP contribution in [0.4, 0.5) is 24.0 Å². The number of carbonyl (C=O) groups is 1. The monoisotopic (exact) mass is 487 g/mol. The van der Waals surface area contributed by atoms with Crippen molar-refractivity contribution in [3.05, 3.63) is 57.6 Å². The van der Waals surface area contributed by atoms with Gasteiger partial charge in [0.2, 0.25) is 0 Å². The fraction of sp³-hybridized carbons (Fsp3) is 0.348. The number of rotatable bonds is 4. The second kappa shape index (κ2) is 8.36. The van der Waals surface area contributed by atoms with Gasteiger partial charge in [-0.1, -0.05) is 12.1 Å². The van der Waals surface area contributed by atoms with Gasteiger partial charge in [-0.25, -0.2) is 4.68 Å². The molecule has 1 aromatic carbocycles. The lowest BCUT2D eigenvalue weighted by atomic mass is 9.96. The van der Waals surface area contributed by atoms with Crippen molar-refractivity contribution >= 4 is 28.1 Å². The number of ether oxygens (including phenoxy) is 1. The molecule has 0 saturated carbocycles. The molecule has 3 heterocycles. The molecule has 0 fully saturated rings. The SMILES string of the molecule is COc1ccc([C@@H]2C[C@@H](C(F)(F)F)n3ncc(C(=O)Nc4sc5c(c4C#N)CCC5)c3N2)cc1. The molecule has 1 aliphatic heterocycles. The molecule has 1 amide bonds. The lowest BCUT2D eigenvalue weighted by molar-refractivity contribution is -0.173. The molecule has 7 nitrogen and oxygen atoms in total. The van der Waals surface area contributed by atoms with Crippen LogP contribution in [0.5, 0.6) is 5.75 Å². The Labute approximate surface area is 197 Å². The molecule has 0 bridgehead atoms. The number of halogens is 3. The normalized spacial score (nSPS) is 19.0. The van der Waals surface area contributed by atoms with Gasteiger partial charge >= 0.3 is 6.18 Å². The highest BCUT2D eigenvalue weighted by Crippen LogP contribution is 2.45. The van der Waals surface area contributed by atoms with Crippen LogP contribution in [-0.4, -0.2) is 29.0 Å². The number of hydrogen-bond donors (Lipinski definition) is 2. The standard InChI is InChI=1S/C23H20F3N5O2S/c1-33-13-7-5-12(6-8-13)17-9-19(23(24,25)26)31-20(29-17)16(11-28-31)21(32)30-22-15(10-27)14-3-2-4-18(14)34-22/h5-8,11,17,19,29H,2-4,9H2,1H3,(H,30,32)/t17-,19-/m0/s1. The van der Waals surface area contributed by atoms with Crippen LogP contribution in [0.3, 0.4) is 0 Å². The van der Waals surface area contributed by atoms with Gasteiger partial charge in [-0.2, -0.15) is 23.5 Å². The first-order chi connectivity index (χ1) is 16.3. The van der Waals surface area contributed by atoms with Crippen LogP contribution in [0.15, 0.2) is 30.5 Å². The number of amides is 1. The van der Waals surface area contributed by atoms with Crippen LogP contribution < -0.4 is 15.4 Å². The molecule has 0 saturated heterocycles. The van der Waals surface area contributed by atoms with Crippen molar-refractivity contribution in [1.82, 2.24) is 9.78 Å². The predicted molar refractivity (Wildman–Crippen MR) is 120 cm³/mol. The minimum absolute atomic E-state index is 0.00509. The number of benzene rings is 1. The van der Waals surface area contributed by atoms with E-state index in [0.29, 0.717) is 21.9 Å². The molecule has 2 aromatic heterocycles. The molecular formula is C23H20F3N5O2S. The van der Waals surface area contributed by atoms with Crippen molar-refractivity contribution in [1.29, 1.82) is 5.26 Å². The van der Waals surface area contributed by atoms with Gasteiger partial charge in [0.25, 0.3) is 5.91 Å². The number of nitrogens with one attached hydrogen (secondary N) is 2. The van der Waals surface area contributed by atoms with E-state index in [4.69, 9.17) is 4.74 Å². The number of aromatic nitrogens is 2. The van der Waals surface area contributed by atoms with Gasteiger partial charge in [-0.3, -0.25) is 4.79 Å². The number of fused-ring (bicyclic) bond motifs is 2. The highest BCUT2D eigenvalue weighted by Gasteiger charge is 2.47. The van der Waals surface area contributed by atoms with Crippen molar-refractivity contribution in [2.75, 3.05) is 17.7 Å². The average Bonchev–Trinajstić information content (AvgIpc) is 3.52. The Morgan fingerprint density at radius 3 is 2.76 bits per heavy atom. The lowest BCUT2D eigenvalue weighted by Gasteiger charge is -2.34. The van der Waals surface area contributed by atoms with Gasteiger partial charge < -0.3 is 15.4 Å². The van der Waals surface area contributed by atoms with E-state index in [-0.39, 0.29) is 17.8 Å². The first-order valence-corrected chi connectivity index (χ1v) is 11.5. The fourth-order valence-electron chi connectivity index (χ4n) is 4.56. The van der Waals surface area contributed by atoms with Crippen molar-refractivity contribution in [2.45, 2.75) is 43.9 Å². The molecule has 3 aromatic rings. The number of hydrogen-bond acceptors (Lipinski definition) is 6. The van der Waals surface area contributed by atoms with E-state index in [1.807, 2.05) is 0 Å². The third-order valence-electron chi connectivity index (χ3n) is 6.26. The topological polar surface area (TPSA) is 92.0 Å². The maximum atomic E-state index is 13.9. The zero-order valence-electron chi connectivity index (χ0n) is 18.1. The maximum absolute atomic E-state index is 13.9. The Morgan fingerprint density at radius 2 is 2.09 bits per heavy atom. The zero-order chi connectivity index (χ0) is 24.0. The molecule has 2 atom stereocenters. The van der Waals surface area contributed by atoms with Crippen molar-refractivity contribution in [2.24, 2.45) is 0 Å². The van der Waals surface area contributed by atoms with Crippen LogP contribution in [0, 0.1) is 11.3 Å². The van der Waals surface area contributed by atoms with Gasteiger partial charge in [0.1, 0.15) is 28.2 Å². The molecule has 1 aliphatic carbocycles. The van der Waals surface area contributed by atoms with Crippen molar-refractivity contribution in [3.63, 3.8) is 0 Å². The molecule has 2 N–H and O–H groups in total. The van der Waals surface area contributed by atoms with Crippen LogP contribution in [-0.2, 0) is 12.8 Å². The molecule has 0 spiro atoms. The smallest absolute Gasteiger partial charge is 0.410 e. The quantitative estimate of drug-likeness (QED) is 0.526. The third-order valence-corrected chi connectivity index (χ3v) is 7.47. The summed E-state index contributed by atoms with van der Waals surface area (Å²) in [6.45, 7) is 0. The summed E-state index contributed by atoms with van der Waals surface area (Å²) in [5.41, 5.74) is 2.01. The van der Waals surface area contributed by atoms with Crippen LogP contribution in [0.25, 0.3) is 0 Å². The summed E-state index contributed by atoms with van der Waals surface area (Å²) in [4.78, 5) is 14.2. The summed E-state index contributed by atoms with van der Waals surface area (Å²) >= 11 is 1.35. The van der Waals surface area contributed by atoms with E-state index in [0.717, 1.165) is 40.6 Å². The summed E-state index contributed by atoms with van der Waals surface area (Å²) in [6.07, 6.45) is -1.08. The van der Waals surface area contributed by atoms with E-state index >= 15 is 0 Å². The highest BCUT2D eigenvalue weighted by atomic mass is 32.1. The molecule has 5 rings (SSSR count). The summed E-state index contributed by atoms with van der Waals surface area (Å²) in [7, 11) is 1.51. The lowest BCUT2D eigenvalue weighted by Crippen LogP contribution is -2.36. The van der Waals surface area contributed by atoms with E-state index in [1.54, 1.807) is 24.3 Å². The third kappa shape index (κ3) is 3.77. The summed E-state index contributed by atoms with van der Waals surface area (Å²) in [6, 6.07) is 6.33. The van der Waals surface area contributed by atoms with Gasteiger partial charge in [-0.05, 0) is 42.5 Å². The van der Waals surface area contributed by atoms with Crippen molar-refractivity contribution < 1.29 is 22.7 Å². The Hall–Kier alpha value is -3.52. The number of carbonyl (C=O) groups excluding carboxylic acids is 1. The van der Waals surface area contributed by atoms with E-state index in [9.17, 15) is 23.2 Å². The molecule has 34 heavy (non-hydrogen) atoms. The molecule has 0 radical (unpaired) electrons. The Bertz CT molecular complexity index is 1290. The second-order valence-corrected chi connectivity index (χ2v) is 9.35. The Morgan fingerprint density at radius 1 is 1.32 bits per heavy atom. The minimum Gasteiger partial charge on any atom is -0.497 e. The maximum Gasteiger partial charge on any atom is 0.410 e. The molecule has 11 heteroatoms. The molecular weight excluding hydrogens is 467 g/mol. The molecule has 0 unspecified atom stereocenters. The summed E-state index contributed by atoms with van der Waals surface area (Å²) in [5, 5.41) is 19.7. The fourth-order valence-corrected chi connectivity index (χ4v) is 5.80. The second-order valence-electron chi connectivity index (χ2n) is 8.24. The van der Waals surface area contributed by atoms with Gasteiger partial charge in [-0.15, -0.1) is 11.3 Å². The molecule has 2 aliphatic rings. The van der Waals surface area contributed by atoms with Crippen LogP contribution in [0.1, 0.15) is 56.9 Å². The van der Waals surface area contributed by atoms with Gasteiger partial charge in [0.05, 0.1) is 24.9 Å². The zero-order valence-corrected chi connectivity index (χ0v) is 18.9. The average molecular weight is 488 g/mol. The summed E-state index contributed by atoms with van der Waals surface area (Å²) in [5.74, 6) is -0.0239. The van der Waals surface area contributed by atoms with Crippen molar-refractivity contribution in [3.8, 4) is 11.8 Å². The van der Waals surface area contributed by atoms with Crippen LogP contribution in [0.2, 0.25) is 0 Å². The Balaban J connectivity index is 1.48. The number of thiophene rings is 1. The predicted octanol–water partition coefficient (Wildman–Crippen LogP) is 5.23. The number of nitriles is 1. The minimum atomic E-state index is -4.55. The number of anilines is 2. The largest absolute Gasteiger partial charge is 0.497 e. The Kier molecular flexibility index (Phi) is 5.48. The first kappa shape index (κ1) is 22.3. The van der Waals surface area contributed by atoms with E-state index < -0.39 is 24.2 Å². The van der Waals surface area contributed by atoms with Gasteiger partial charge in [0, 0.05) is 11.3 Å². The van der Waals surface area contributed by atoms with E-state index in [2.05, 4.69) is 21.8 Å². The number of methoxy groups -OCH3 is 1. The van der Waals surface area contributed by atoms with Crippen LogP contribution >= 0.6 is 11.3 Å².